The standard InChI is InChI=1S/C16H20BrClN4O4S/c1-11(15(23)22-5-4-19-16(22)24)20-6-8-21(9-7-20)27(25,26)14-3-2-12(17)10-13(14)18/h2-3,10-11H,4-9H2,1H3,(H,19,24)/t11-/m1/s1. The monoisotopic (exact) mass is 478 g/mol. The van der Waals surface area contributed by atoms with Crippen molar-refractivity contribution in [3.63, 3.8) is 0 Å². The number of carbonyl (C=O) groups excluding carboxylic acids is 2. The minimum atomic E-state index is -3.71. The lowest BCUT2D eigenvalue weighted by molar-refractivity contribution is -0.133. The first-order valence-electron chi connectivity index (χ1n) is 8.50. The Labute approximate surface area is 171 Å². The molecule has 11 heteroatoms. The second-order valence-electron chi connectivity index (χ2n) is 6.41. The topological polar surface area (TPSA) is 90.0 Å². The van der Waals surface area contributed by atoms with E-state index in [4.69, 9.17) is 11.6 Å². The molecule has 1 atom stereocenters. The van der Waals surface area contributed by atoms with Crippen LogP contribution in [-0.2, 0) is 14.8 Å². The molecule has 0 aromatic heterocycles. The molecule has 3 amide bonds. The summed E-state index contributed by atoms with van der Waals surface area (Å²) in [4.78, 5) is 27.3. The van der Waals surface area contributed by atoms with Gasteiger partial charge in [-0.15, -0.1) is 0 Å². The van der Waals surface area contributed by atoms with E-state index in [0.29, 0.717) is 30.7 Å². The predicted molar refractivity (Wildman–Crippen MR) is 104 cm³/mol. The number of urea groups is 1. The first-order valence-corrected chi connectivity index (χ1v) is 11.1. The fraction of sp³-hybridized carbons (Fsp3) is 0.500. The smallest absolute Gasteiger partial charge is 0.324 e. The van der Waals surface area contributed by atoms with Crippen molar-refractivity contribution < 1.29 is 18.0 Å². The number of imide groups is 1. The summed E-state index contributed by atoms with van der Waals surface area (Å²) in [6.07, 6.45) is 0. The number of nitrogens with zero attached hydrogens (tertiary/aromatic N) is 3. The molecule has 0 spiro atoms. The average Bonchev–Trinajstić information content (AvgIpc) is 3.06. The van der Waals surface area contributed by atoms with Crippen LogP contribution in [0, 0.1) is 0 Å². The minimum absolute atomic E-state index is 0.0682. The van der Waals surface area contributed by atoms with Crippen molar-refractivity contribution in [1.29, 1.82) is 0 Å². The van der Waals surface area contributed by atoms with Crippen LogP contribution in [0.2, 0.25) is 5.02 Å². The van der Waals surface area contributed by atoms with Gasteiger partial charge in [0.1, 0.15) is 4.90 Å². The Morgan fingerprint density at radius 2 is 1.89 bits per heavy atom. The van der Waals surface area contributed by atoms with Crippen LogP contribution in [0.1, 0.15) is 6.92 Å². The molecule has 1 aromatic rings. The molecule has 1 aromatic carbocycles. The van der Waals surface area contributed by atoms with E-state index in [1.54, 1.807) is 19.1 Å². The molecular weight excluding hydrogens is 460 g/mol. The highest BCUT2D eigenvalue weighted by Crippen LogP contribution is 2.28. The third-order valence-corrected chi connectivity index (χ3v) is 7.69. The molecule has 2 fully saturated rings. The summed E-state index contributed by atoms with van der Waals surface area (Å²) in [6.45, 7) is 3.85. The Hall–Kier alpha value is -1.20. The number of piperazine rings is 1. The summed E-state index contributed by atoms with van der Waals surface area (Å²) < 4.78 is 27.8. The maximum absolute atomic E-state index is 12.9. The van der Waals surface area contributed by atoms with Gasteiger partial charge in [0.2, 0.25) is 15.9 Å². The number of rotatable bonds is 4. The van der Waals surface area contributed by atoms with E-state index < -0.39 is 16.1 Å². The summed E-state index contributed by atoms with van der Waals surface area (Å²) in [5, 5.41) is 2.77. The number of nitrogens with one attached hydrogen (secondary N) is 1. The molecule has 2 heterocycles. The number of hydrogen-bond acceptors (Lipinski definition) is 5. The first kappa shape index (κ1) is 20.5. The molecule has 2 aliphatic rings. The van der Waals surface area contributed by atoms with E-state index in [-0.39, 0.29) is 34.9 Å². The number of amides is 3. The number of benzene rings is 1. The third-order valence-electron chi connectivity index (χ3n) is 4.81. The molecule has 148 valence electrons. The Balaban J connectivity index is 1.66. The average molecular weight is 480 g/mol. The van der Waals surface area contributed by atoms with E-state index in [1.807, 2.05) is 4.90 Å². The Morgan fingerprint density at radius 3 is 2.44 bits per heavy atom. The number of carbonyl (C=O) groups is 2. The molecule has 0 aliphatic carbocycles. The van der Waals surface area contributed by atoms with E-state index in [0.717, 1.165) is 0 Å². The maximum atomic E-state index is 12.9. The molecule has 3 rings (SSSR count). The number of hydrogen-bond donors (Lipinski definition) is 1. The van der Waals surface area contributed by atoms with Gasteiger partial charge >= 0.3 is 6.03 Å². The molecule has 2 saturated heterocycles. The zero-order valence-electron chi connectivity index (χ0n) is 14.7. The molecule has 0 saturated carbocycles. The van der Waals surface area contributed by atoms with Gasteiger partial charge in [-0.25, -0.2) is 13.2 Å². The highest BCUT2D eigenvalue weighted by molar-refractivity contribution is 9.10. The summed E-state index contributed by atoms with van der Waals surface area (Å²) in [6, 6.07) is 3.79. The van der Waals surface area contributed by atoms with Crippen LogP contribution < -0.4 is 5.32 Å². The largest absolute Gasteiger partial charge is 0.336 e. The van der Waals surface area contributed by atoms with Crippen molar-refractivity contribution in [2.75, 3.05) is 39.3 Å². The van der Waals surface area contributed by atoms with Crippen molar-refractivity contribution in [3.8, 4) is 0 Å². The molecular formula is C16H20BrClN4O4S. The fourth-order valence-corrected chi connectivity index (χ4v) is 5.65. The quantitative estimate of drug-likeness (QED) is 0.704. The van der Waals surface area contributed by atoms with Gasteiger partial charge in [0.25, 0.3) is 0 Å². The lowest BCUT2D eigenvalue weighted by atomic mass is 10.2. The van der Waals surface area contributed by atoms with Gasteiger partial charge in [-0.05, 0) is 25.1 Å². The maximum Gasteiger partial charge on any atom is 0.324 e. The van der Waals surface area contributed by atoms with E-state index in [2.05, 4.69) is 21.2 Å². The number of sulfonamides is 1. The van der Waals surface area contributed by atoms with Crippen LogP contribution >= 0.6 is 27.5 Å². The minimum Gasteiger partial charge on any atom is -0.336 e. The van der Waals surface area contributed by atoms with Gasteiger partial charge in [-0.1, -0.05) is 27.5 Å². The van der Waals surface area contributed by atoms with Crippen LogP contribution in [0.3, 0.4) is 0 Å². The van der Waals surface area contributed by atoms with Gasteiger partial charge in [0.05, 0.1) is 11.1 Å². The van der Waals surface area contributed by atoms with Crippen LogP contribution in [0.5, 0.6) is 0 Å². The lowest BCUT2D eigenvalue weighted by Crippen LogP contribution is -2.55. The van der Waals surface area contributed by atoms with Gasteiger partial charge in [0, 0.05) is 43.7 Å². The summed E-state index contributed by atoms with van der Waals surface area (Å²) >= 11 is 9.37. The second kappa shape index (κ2) is 8.04. The van der Waals surface area contributed by atoms with Crippen LogP contribution in [0.25, 0.3) is 0 Å². The third kappa shape index (κ3) is 4.14. The van der Waals surface area contributed by atoms with Gasteiger partial charge in [-0.3, -0.25) is 14.6 Å². The summed E-state index contributed by atoms with van der Waals surface area (Å²) in [5.41, 5.74) is 0. The van der Waals surface area contributed by atoms with E-state index in [1.165, 1.54) is 15.3 Å². The van der Waals surface area contributed by atoms with Crippen LogP contribution in [-0.4, -0.2) is 79.8 Å². The zero-order valence-corrected chi connectivity index (χ0v) is 17.8. The molecule has 27 heavy (non-hydrogen) atoms. The Bertz CT molecular complexity index is 858. The summed E-state index contributed by atoms with van der Waals surface area (Å²) in [5.74, 6) is -0.266. The fourth-order valence-electron chi connectivity index (χ4n) is 3.22. The van der Waals surface area contributed by atoms with Crippen molar-refractivity contribution in [2.45, 2.75) is 17.9 Å². The van der Waals surface area contributed by atoms with Gasteiger partial charge in [0.15, 0.2) is 0 Å². The van der Waals surface area contributed by atoms with Gasteiger partial charge < -0.3 is 5.32 Å². The predicted octanol–water partition coefficient (Wildman–Crippen LogP) is 1.35. The van der Waals surface area contributed by atoms with Crippen molar-refractivity contribution >= 4 is 49.5 Å². The Morgan fingerprint density at radius 1 is 1.22 bits per heavy atom. The van der Waals surface area contributed by atoms with Crippen molar-refractivity contribution in [2.24, 2.45) is 0 Å². The van der Waals surface area contributed by atoms with Crippen LogP contribution in [0.15, 0.2) is 27.6 Å². The SMILES string of the molecule is C[C@H](C(=O)N1CCNC1=O)N1CCN(S(=O)(=O)c2ccc(Br)cc2Cl)CC1. The summed E-state index contributed by atoms with van der Waals surface area (Å²) in [7, 11) is -3.71. The molecule has 0 unspecified atom stereocenters. The first-order chi connectivity index (χ1) is 12.7. The zero-order chi connectivity index (χ0) is 19.8. The highest BCUT2D eigenvalue weighted by atomic mass is 79.9. The van der Waals surface area contributed by atoms with E-state index in [9.17, 15) is 18.0 Å². The Kier molecular flexibility index (Phi) is 6.11. The molecule has 0 radical (unpaired) electrons. The highest BCUT2D eigenvalue weighted by Gasteiger charge is 2.36. The van der Waals surface area contributed by atoms with Crippen LogP contribution in [0.4, 0.5) is 4.79 Å². The number of halogens is 2. The molecule has 2 aliphatic heterocycles. The molecule has 8 nitrogen and oxygen atoms in total. The second-order valence-corrected chi connectivity index (χ2v) is 9.64. The van der Waals surface area contributed by atoms with Gasteiger partial charge in [-0.2, -0.15) is 4.31 Å². The molecule has 1 N–H and O–H groups in total. The lowest BCUT2D eigenvalue weighted by Gasteiger charge is -2.37. The van der Waals surface area contributed by atoms with Crippen molar-refractivity contribution in [3.05, 3.63) is 27.7 Å². The van der Waals surface area contributed by atoms with E-state index >= 15 is 0 Å². The normalized spacial score (nSPS) is 20.6. The van der Waals surface area contributed by atoms with Crippen molar-refractivity contribution in [1.82, 2.24) is 19.4 Å². The molecule has 0 bridgehead atoms.